The van der Waals surface area contributed by atoms with E-state index in [0.29, 0.717) is 23.4 Å². The number of benzene rings is 2. The molecular weight excluding hydrogens is 328 g/mol. The molecule has 0 saturated heterocycles. The zero-order valence-electron chi connectivity index (χ0n) is 14.3. The first-order chi connectivity index (χ1) is 12.7. The number of para-hydroxylation sites is 1. The molecule has 0 unspecified atom stereocenters. The number of hydrogen-bond acceptors (Lipinski definition) is 4. The van der Waals surface area contributed by atoms with Crippen LogP contribution in [0.2, 0.25) is 0 Å². The Kier molecular flexibility index (Phi) is 5.49. The average Bonchev–Trinajstić information content (AvgIpc) is 3.46. The predicted molar refractivity (Wildman–Crippen MR) is 99.8 cm³/mol. The van der Waals surface area contributed by atoms with Gasteiger partial charge >= 0.3 is 0 Å². The summed E-state index contributed by atoms with van der Waals surface area (Å²) in [6.45, 7) is 0.0493. The van der Waals surface area contributed by atoms with Gasteiger partial charge in [-0.3, -0.25) is 9.59 Å². The third kappa shape index (κ3) is 4.84. The Balaban J connectivity index is 1.55. The van der Waals surface area contributed by atoms with Crippen LogP contribution in [0.15, 0.2) is 48.5 Å². The first-order valence-electron chi connectivity index (χ1n) is 8.55. The fourth-order valence-corrected chi connectivity index (χ4v) is 2.50. The molecule has 0 radical (unpaired) electrons. The van der Waals surface area contributed by atoms with E-state index in [1.165, 1.54) is 0 Å². The summed E-state index contributed by atoms with van der Waals surface area (Å²) < 4.78 is 0. The normalized spacial score (nSPS) is 12.7. The van der Waals surface area contributed by atoms with Crippen molar-refractivity contribution in [2.75, 3.05) is 17.2 Å². The van der Waals surface area contributed by atoms with Crippen LogP contribution in [0.1, 0.15) is 28.8 Å². The van der Waals surface area contributed by atoms with Gasteiger partial charge in [0.25, 0.3) is 5.91 Å². The number of nitrogens with one attached hydrogen (secondary N) is 3. The zero-order valence-corrected chi connectivity index (χ0v) is 14.3. The summed E-state index contributed by atoms with van der Waals surface area (Å²) in [6.07, 6.45) is 2.39. The van der Waals surface area contributed by atoms with Crippen molar-refractivity contribution < 1.29 is 9.59 Å². The van der Waals surface area contributed by atoms with Gasteiger partial charge in [0.05, 0.1) is 24.6 Å². The molecule has 2 amide bonds. The Morgan fingerprint density at radius 2 is 1.81 bits per heavy atom. The molecule has 1 saturated carbocycles. The molecule has 0 aromatic heterocycles. The number of nitriles is 1. The number of rotatable bonds is 7. The van der Waals surface area contributed by atoms with Gasteiger partial charge in [-0.25, -0.2) is 0 Å². The van der Waals surface area contributed by atoms with Gasteiger partial charge in [0, 0.05) is 17.4 Å². The Hall–Kier alpha value is -3.33. The molecule has 0 bridgehead atoms. The molecule has 1 aliphatic rings. The predicted octanol–water partition coefficient (Wildman–Crippen LogP) is 2.70. The molecule has 0 aliphatic heterocycles. The molecule has 26 heavy (non-hydrogen) atoms. The van der Waals surface area contributed by atoms with Crippen LogP contribution in [0.5, 0.6) is 0 Å². The van der Waals surface area contributed by atoms with Gasteiger partial charge in [0.15, 0.2) is 0 Å². The number of amides is 2. The number of carbonyl (C=O) groups excluding carboxylic acids is 2. The maximum Gasteiger partial charge on any atom is 0.253 e. The SMILES string of the molecule is N#CCc1ccc(NC(=O)CNc2ccccc2C(=O)NC2CC2)cc1. The fourth-order valence-electron chi connectivity index (χ4n) is 2.50. The zero-order chi connectivity index (χ0) is 18.4. The quantitative estimate of drug-likeness (QED) is 0.717. The van der Waals surface area contributed by atoms with E-state index in [9.17, 15) is 9.59 Å². The molecular formula is C20H20N4O2. The van der Waals surface area contributed by atoms with E-state index in [1.807, 2.05) is 18.2 Å². The third-order valence-corrected chi connectivity index (χ3v) is 4.04. The largest absolute Gasteiger partial charge is 0.376 e. The van der Waals surface area contributed by atoms with E-state index in [1.54, 1.807) is 30.3 Å². The van der Waals surface area contributed by atoms with Crippen LogP contribution in [0.25, 0.3) is 0 Å². The van der Waals surface area contributed by atoms with Crippen LogP contribution in [-0.2, 0) is 11.2 Å². The van der Waals surface area contributed by atoms with Crippen molar-refractivity contribution in [3.05, 3.63) is 59.7 Å². The van der Waals surface area contributed by atoms with Crippen LogP contribution in [0.4, 0.5) is 11.4 Å². The molecule has 6 nitrogen and oxygen atoms in total. The van der Waals surface area contributed by atoms with Gasteiger partial charge in [0.1, 0.15) is 0 Å². The lowest BCUT2D eigenvalue weighted by Crippen LogP contribution is -2.27. The van der Waals surface area contributed by atoms with Crippen molar-refractivity contribution in [1.29, 1.82) is 5.26 Å². The highest BCUT2D eigenvalue weighted by Crippen LogP contribution is 2.21. The summed E-state index contributed by atoms with van der Waals surface area (Å²) in [5.74, 6) is -0.334. The Morgan fingerprint density at radius 3 is 2.50 bits per heavy atom. The van der Waals surface area contributed by atoms with Crippen LogP contribution >= 0.6 is 0 Å². The van der Waals surface area contributed by atoms with Crippen molar-refractivity contribution in [3.8, 4) is 6.07 Å². The monoisotopic (exact) mass is 348 g/mol. The number of nitrogens with zero attached hydrogens (tertiary/aromatic N) is 1. The highest BCUT2D eigenvalue weighted by molar-refractivity contribution is 6.01. The van der Waals surface area contributed by atoms with Gasteiger partial charge in [-0.15, -0.1) is 0 Å². The lowest BCUT2D eigenvalue weighted by Gasteiger charge is -2.12. The fraction of sp³-hybridized carbons (Fsp3) is 0.250. The molecule has 1 aliphatic carbocycles. The summed E-state index contributed by atoms with van der Waals surface area (Å²) in [4.78, 5) is 24.4. The van der Waals surface area contributed by atoms with Crippen molar-refractivity contribution >= 4 is 23.2 Å². The molecule has 2 aromatic carbocycles. The molecule has 3 rings (SSSR count). The molecule has 3 N–H and O–H groups in total. The molecule has 0 heterocycles. The van der Waals surface area contributed by atoms with Crippen molar-refractivity contribution in [3.63, 3.8) is 0 Å². The van der Waals surface area contributed by atoms with E-state index >= 15 is 0 Å². The highest BCUT2D eigenvalue weighted by atomic mass is 16.2. The summed E-state index contributed by atoms with van der Waals surface area (Å²) in [6, 6.07) is 16.7. The molecule has 0 atom stereocenters. The second kappa shape index (κ2) is 8.17. The lowest BCUT2D eigenvalue weighted by atomic mass is 10.1. The van der Waals surface area contributed by atoms with Crippen molar-refractivity contribution in [2.45, 2.75) is 25.3 Å². The lowest BCUT2D eigenvalue weighted by molar-refractivity contribution is -0.114. The Morgan fingerprint density at radius 1 is 1.08 bits per heavy atom. The van der Waals surface area contributed by atoms with E-state index in [-0.39, 0.29) is 24.4 Å². The van der Waals surface area contributed by atoms with Gasteiger partial charge in [-0.05, 0) is 42.7 Å². The first kappa shape index (κ1) is 17.5. The van der Waals surface area contributed by atoms with Gasteiger partial charge in [-0.2, -0.15) is 5.26 Å². The molecule has 1 fully saturated rings. The minimum absolute atomic E-state index is 0.0493. The maximum absolute atomic E-state index is 12.3. The second-order valence-electron chi connectivity index (χ2n) is 6.23. The standard InChI is InChI=1S/C20H20N4O2/c21-12-11-14-5-7-15(8-6-14)23-19(25)13-22-18-4-2-1-3-17(18)20(26)24-16-9-10-16/h1-8,16,22H,9-11,13H2,(H,23,25)(H,24,26). The highest BCUT2D eigenvalue weighted by Gasteiger charge is 2.24. The number of carbonyl (C=O) groups is 2. The van der Waals surface area contributed by atoms with E-state index in [2.05, 4.69) is 22.0 Å². The van der Waals surface area contributed by atoms with E-state index < -0.39 is 0 Å². The van der Waals surface area contributed by atoms with Crippen LogP contribution in [0.3, 0.4) is 0 Å². The van der Waals surface area contributed by atoms with Crippen molar-refractivity contribution in [1.82, 2.24) is 5.32 Å². The average molecular weight is 348 g/mol. The van der Waals surface area contributed by atoms with Crippen molar-refractivity contribution in [2.24, 2.45) is 0 Å². The van der Waals surface area contributed by atoms with Crippen LogP contribution in [0, 0.1) is 11.3 Å². The van der Waals surface area contributed by atoms with E-state index in [0.717, 1.165) is 18.4 Å². The summed E-state index contributed by atoms with van der Waals surface area (Å²) in [5, 5.41) is 17.4. The summed E-state index contributed by atoms with van der Waals surface area (Å²) >= 11 is 0. The summed E-state index contributed by atoms with van der Waals surface area (Å²) in [5.41, 5.74) is 2.73. The number of hydrogen-bond donors (Lipinski definition) is 3. The second-order valence-corrected chi connectivity index (χ2v) is 6.23. The molecule has 6 heteroatoms. The van der Waals surface area contributed by atoms with Gasteiger partial charge < -0.3 is 16.0 Å². The summed E-state index contributed by atoms with van der Waals surface area (Å²) in [7, 11) is 0. The van der Waals surface area contributed by atoms with Gasteiger partial charge in [0.2, 0.25) is 5.91 Å². The Labute approximate surface area is 152 Å². The minimum atomic E-state index is -0.213. The third-order valence-electron chi connectivity index (χ3n) is 4.04. The Bertz CT molecular complexity index is 836. The molecule has 2 aromatic rings. The molecule has 132 valence electrons. The van der Waals surface area contributed by atoms with E-state index in [4.69, 9.17) is 5.26 Å². The topological polar surface area (TPSA) is 94.0 Å². The number of anilines is 2. The van der Waals surface area contributed by atoms with Crippen LogP contribution in [-0.4, -0.2) is 24.4 Å². The molecule has 0 spiro atoms. The van der Waals surface area contributed by atoms with Crippen LogP contribution < -0.4 is 16.0 Å². The first-order valence-corrected chi connectivity index (χ1v) is 8.55. The van der Waals surface area contributed by atoms with Gasteiger partial charge in [-0.1, -0.05) is 24.3 Å². The maximum atomic E-state index is 12.3. The minimum Gasteiger partial charge on any atom is -0.376 e. The smallest absolute Gasteiger partial charge is 0.253 e.